The minimum Gasteiger partial charge on any atom is -0.480 e. The molecule has 1 aliphatic heterocycles. The van der Waals surface area contributed by atoms with Crippen LogP contribution in [0.3, 0.4) is 0 Å². The van der Waals surface area contributed by atoms with Crippen LogP contribution in [0, 0.1) is 6.92 Å². The standard InChI is InChI=1S/C12H14N2O3S/c1-8-13-9(7-18-8)4-5-11(15)14-6-2-3-10(14)12(16)17/h4-5,7,10H,2-3,6H2,1H3,(H,16,17). The number of thiazole rings is 1. The van der Waals surface area contributed by atoms with Crippen LogP contribution in [0.5, 0.6) is 0 Å². The van der Waals surface area contributed by atoms with Gasteiger partial charge in [0.2, 0.25) is 5.91 Å². The van der Waals surface area contributed by atoms with E-state index in [2.05, 4.69) is 4.98 Å². The molecule has 1 saturated heterocycles. The molecule has 0 radical (unpaired) electrons. The first-order chi connectivity index (χ1) is 8.58. The number of carbonyl (C=O) groups excluding carboxylic acids is 1. The van der Waals surface area contributed by atoms with Crippen molar-refractivity contribution in [1.82, 2.24) is 9.88 Å². The van der Waals surface area contributed by atoms with Crippen molar-refractivity contribution in [2.24, 2.45) is 0 Å². The first kappa shape index (κ1) is 12.8. The first-order valence-corrected chi connectivity index (χ1v) is 6.59. The van der Waals surface area contributed by atoms with Gasteiger partial charge in [0.05, 0.1) is 10.7 Å². The Balaban J connectivity index is 2.03. The maximum atomic E-state index is 11.9. The quantitative estimate of drug-likeness (QED) is 0.842. The van der Waals surface area contributed by atoms with Gasteiger partial charge in [-0.25, -0.2) is 9.78 Å². The molecule has 1 aliphatic rings. The number of likely N-dealkylation sites (tertiary alicyclic amines) is 1. The molecule has 1 fully saturated rings. The fraction of sp³-hybridized carbons (Fsp3) is 0.417. The van der Waals surface area contributed by atoms with Crippen LogP contribution < -0.4 is 0 Å². The third-order valence-electron chi connectivity index (χ3n) is 2.85. The van der Waals surface area contributed by atoms with Crippen molar-refractivity contribution in [3.63, 3.8) is 0 Å². The zero-order valence-corrected chi connectivity index (χ0v) is 10.8. The van der Waals surface area contributed by atoms with Crippen LogP contribution in [0.25, 0.3) is 6.08 Å². The van der Waals surface area contributed by atoms with Crippen molar-refractivity contribution in [2.45, 2.75) is 25.8 Å². The summed E-state index contributed by atoms with van der Waals surface area (Å²) < 4.78 is 0. The van der Waals surface area contributed by atoms with Gasteiger partial charge in [0, 0.05) is 18.0 Å². The van der Waals surface area contributed by atoms with Crippen molar-refractivity contribution in [3.8, 4) is 0 Å². The van der Waals surface area contributed by atoms with Gasteiger partial charge >= 0.3 is 5.97 Å². The van der Waals surface area contributed by atoms with Crippen LogP contribution in [-0.2, 0) is 9.59 Å². The minimum atomic E-state index is -0.932. The lowest BCUT2D eigenvalue weighted by molar-refractivity contribution is -0.146. The Labute approximate surface area is 109 Å². The molecule has 0 bridgehead atoms. The van der Waals surface area contributed by atoms with Crippen LogP contribution in [-0.4, -0.2) is 39.5 Å². The van der Waals surface area contributed by atoms with E-state index in [1.807, 2.05) is 12.3 Å². The van der Waals surface area contributed by atoms with Crippen molar-refractivity contribution in [3.05, 3.63) is 22.2 Å². The van der Waals surface area contributed by atoms with Gasteiger partial charge in [0.15, 0.2) is 0 Å². The summed E-state index contributed by atoms with van der Waals surface area (Å²) in [6.07, 6.45) is 4.30. The zero-order chi connectivity index (χ0) is 13.1. The highest BCUT2D eigenvalue weighted by Crippen LogP contribution is 2.18. The fourth-order valence-electron chi connectivity index (χ4n) is 2.00. The van der Waals surface area contributed by atoms with E-state index in [0.29, 0.717) is 13.0 Å². The van der Waals surface area contributed by atoms with Crippen LogP contribution in [0.4, 0.5) is 0 Å². The highest BCUT2D eigenvalue weighted by molar-refractivity contribution is 7.09. The molecule has 18 heavy (non-hydrogen) atoms. The van der Waals surface area contributed by atoms with Gasteiger partial charge < -0.3 is 10.0 Å². The normalized spacial score (nSPS) is 19.6. The molecule has 0 saturated carbocycles. The molecule has 6 heteroatoms. The smallest absolute Gasteiger partial charge is 0.326 e. The Morgan fingerprint density at radius 3 is 3.00 bits per heavy atom. The molecule has 1 atom stereocenters. The summed E-state index contributed by atoms with van der Waals surface area (Å²) in [5.74, 6) is -1.19. The molecule has 1 aromatic rings. The number of aromatic nitrogens is 1. The van der Waals surface area contributed by atoms with Crippen molar-refractivity contribution >= 4 is 29.3 Å². The van der Waals surface area contributed by atoms with E-state index in [0.717, 1.165) is 17.1 Å². The number of hydrogen-bond donors (Lipinski definition) is 1. The number of amides is 1. The Morgan fingerprint density at radius 1 is 1.61 bits per heavy atom. The van der Waals surface area contributed by atoms with E-state index in [-0.39, 0.29) is 5.91 Å². The van der Waals surface area contributed by atoms with Gasteiger partial charge in [-0.1, -0.05) is 0 Å². The monoisotopic (exact) mass is 266 g/mol. The molecular formula is C12H14N2O3S. The molecule has 2 heterocycles. The number of aryl methyl sites for hydroxylation is 1. The van der Waals surface area contributed by atoms with E-state index in [1.54, 1.807) is 6.08 Å². The minimum absolute atomic E-state index is 0.259. The van der Waals surface area contributed by atoms with E-state index >= 15 is 0 Å². The summed E-state index contributed by atoms with van der Waals surface area (Å²) in [5, 5.41) is 11.8. The molecule has 1 N–H and O–H groups in total. The summed E-state index contributed by atoms with van der Waals surface area (Å²) in [6.45, 7) is 2.40. The predicted molar refractivity (Wildman–Crippen MR) is 68.3 cm³/mol. The maximum Gasteiger partial charge on any atom is 0.326 e. The van der Waals surface area contributed by atoms with Crippen molar-refractivity contribution in [1.29, 1.82) is 0 Å². The lowest BCUT2D eigenvalue weighted by Crippen LogP contribution is -2.39. The number of hydrogen-bond acceptors (Lipinski definition) is 4. The molecular weight excluding hydrogens is 252 g/mol. The zero-order valence-electron chi connectivity index (χ0n) is 10.00. The third kappa shape index (κ3) is 2.76. The molecule has 0 spiro atoms. The summed E-state index contributed by atoms with van der Waals surface area (Å²) in [4.78, 5) is 28.5. The van der Waals surface area contributed by atoms with Gasteiger partial charge in [-0.3, -0.25) is 4.79 Å². The predicted octanol–water partition coefficient (Wildman–Crippen LogP) is 1.54. The molecule has 1 amide bonds. The van der Waals surface area contributed by atoms with Crippen LogP contribution in [0.1, 0.15) is 23.5 Å². The molecule has 2 rings (SSSR count). The summed E-state index contributed by atoms with van der Waals surface area (Å²) >= 11 is 1.51. The molecule has 1 unspecified atom stereocenters. The number of rotatable bonds is 3. The van der Waals surface area contributed by atoms with Gasteiger partial charge in [0.1, 0.15) is 6.04 Å². The summed E-state index contributed by atoms with van der Waals surface area (Å²) in [7, 11) is 0. The first-order valence-electron chi connectivity index (χ1n) is 5.71. The number of carboxylic acid groups (broad SMARTS) is 1. The molecule has 5 nitrogen and oxygen atoms in total. The Hall–Kier alpha value is -1.69. The van der Waals surface area contributed by atoms with E-state index in [9.17, 15) is 9.59 Å². The second-order valence-electron chi connectivity index (χ2n) is 4.15. The molecule has 0 aromatic carbocycles. The van der Waals surface area contributed by atoms with Crippen LogP contribution in [0.15, 0.2) is 11.5 Å². The average molecular weight is 266 g/mol. The van der Waals surface area contributed by atoms with Gasteiger partial charge in [-0.2, -0.15) is 0 Å². The lowest BCUT2D eigenvalue weighted by Gasteiger charge is -2.19. The number of carbonyl (C=O) groups is 2. The Morgan fingerprint density at radius 2 is 2.39 bits per heavy atom. The van der Waals surface area contributed by atoms with Gasteiger partial charge in [0.25, 0.3) is 0 Å². The summed E-state index contributed by atoms with van der Waals surface area (Å²) in [5.41, 5.74) is 0.733. The molecule has 0 aliphatic carbocycles. The van der Waals surface area contributed by atoms with Crippen LogP contribution >= 0.6 is 11.3 Å². The second-order valence-corrected chi connectivity index (χ2v) is 5.21. The van der Waals surface area contributed by atoms with Crippen molar-refractivity contribution < 1.29 is 14.7 Å². The van der Waals surface area contributed by atoms with Crippen LogP contribution in [0.2, 0.25) is 0 Å². The van der Waals surface area contributed by atoms with E-state index < -0.39 is 12.0 Å². The Bertz CT molecular complexity index is 495. The van der Waals surface area contributed by atoms with E-state index in [1.165, 1.54) is 22.3 Å². The fourth-order valence-corrected chi connectivity index (χ4v) is 2.58. The SMILES string of the molecule is Cc1nc(C=CC(=O)N2CCCC2C(=O)O)cs1. The van der Waals surface area contributed by atoms with Gasteiger partial charge in [-0.05, 0) is 25.8 Å². The highest BCUT2D eigenvalue weighted by Gasteiger charge is 2.32. The highest BCUT2D eigenvalue weighted by atomic mass is 32.1. The molecule has 96 valence electrons. The third-order valence-corrected chi connectivity index (χ3v) is 3.65. The number of aliphatic carboxylic acids is 1. The topological polar surface area (TPSA) is 70.5 Å². The number of nitrogens with zero attached hydrogens (tertiary/aromatic N) is 2. The van der Waals surface area contributed by atoms with E-state index in [4.69, 9.17) is 5.11 Å². The van der Waals surface area contributed by atoms with Crippen molar-refractivity contribution in [2.75, 3.05) is 6.54 Å². The number of carboxylic acids is 1. The maximum absolute atomic E-state index is 11.9. The molecule has 1 aromatic heterocycles. The summed E-state index contributed by atoms with van der Waals surface area (Å²) in [6, 6.07) is -0.681. The van der Waals surface area contributed by atoms with Gasteiger partial charge in [-0.15, -0.1) is 11.3 Å². The Kier molecular flexibility index (Phi) is 3.76. The lowest BCUT2D eigenvalue weighted by atomic mass is 10.2. The largest absolute Gasteiger partial charge is 0.480 e. The second kappa shape index (κ2) is 5.30. The average Bonchev–Trinajstić information content (AvgIpc) is 2.94.